The van der Waals surface area contributed by atoms with Gasteiger partial charge in [-0.25, -0.2) is 4.79 Å². The van der Waals surface area contributed by atoms with Crippen LogP contribution in [-0.4, -0.2) is 48.9 Å². The summed E-state index contributed by atoms with van der Waals surface area (Å²) in [4.78, 5) is 35.4. The fourth-order valence-corrected chi connectivity index (χ4v) is 2.70. The molecule has 0 unspecified atom stereocenters. The zero-order valence-corrected chi connectivity index (χ0v) is 14.1. The average Bonchev–Trinajstić information content (AvgIpc) is 3.40. The van der Waals surface area contributed by atoms with E-state index in [1.165, 1.54) is 7.11 Å². The predicted molar refractivity (Wildman–Crippen MR) is 85.7 cm³/mol. The lowest BCUT2D eigenvalue weighted by molar-refractivity contribution is -0.154. The number of ether oxygens (including phenoxy) is 2. The van der Waals surface area contributed by atoms with E-state index < -0.39 is 29.9 Å². The minimum Gasteiger partial charge on any atom is -0.469 e. The van der Waals surface area contributed by atoms with Gasteiger partial charge in [0.25, 0.3) is 0 Å². The lowest BCUT2D eigenvalue weighted by Gasteiger charge is -2.22. The van der Waals surface area contributed by atoms with Gasteiger partial charge in [-0.15, -0.1) is 0 Å². The molecule has 1 amide bonds. The number of thiol groups is 1. The first-order chi connectivity index (χ1) is 11.0. The van der Waals surface area contributed by atoms with E-state index in [9.17, 15) is 14.4 Å². The fraction of sp³-hybridized carbons (Fsp3) is 0.800. The molecular weight excluding hydrogens is 320 g/mol. The Hall–Kier alpha value is -1.28. The molecule has 0 radical (unpaired) electrons. The maximum Gasteiger partial charge on any atom is 0.329 e. The lowest BCUT2D eigenvalue weighted by Crippen LogP contribution is -2.51. The second-order valence-electron chi connectivity index (χ2n) is 6.21. The van der Waals surface area contributed by atoms with Gasteiger partial charge in [0, 0.05) is 5.75 Å². The van der Waals surface area contributed by atoms with Crippen LogP contribution in [0.2, 0.25) is 0 Å². The molecule has 130 valence electrons. The Morgan fingerprint density at radius 3 is 2.22 bits per heavy atom. The van der Waals surface area contributed by atoms with E-state index in [0.717, 1.165) is 25.7 Å². The second kappa shape index (κ2) is 8.01. The molecule has 0 aromatic carbocycles. The molecule has 0 aromatic rings. The van der Waals surface area contributed by atoms with Gasteiger partial charge in [-0.1, -0.05) is 0 Å². The van der Waals surface area contributed by atoms with Gasteiger partial charge in [0.1, 0.15) is 12.1 Å². The quantitative estimate of drug-likeness (QED) is 0.402. The van der Waals surface area contributed by atoms with E-state index in [1.807, 2.05) is 0 Å². The van der Waals surface area contributed by atoms with Crippen molar-refractivity contribution in [3.05, 3.63) is 0 Å². The Bertz CT molecular complexity index is 453. The molecule has 0 saturated heterocycles. The summed E-state index contributed by atoms with van der Waals surface area (Å²) in [5.41, 5.74) is 5.62. The SMILES string of the molecule is COC(=O)C[C@H](N)C(=O)N[C@@H](CS)C(=O)OC(C1CC1)C1CC1. The maximum absolute atomic E-state index is 12.3. The number of methoxy groups -OCH3 is 1. The lowest BCUT2D eigenvalue weighted by atomic mass is 10.1. The van der Waals surface area contributed by atoms with Crippen molar-refractivity contribution >= 4 is 30.5 Å². The second-order valence-corrected chi connectivity index (χ2v) is 6.57. The van der Waals surface area contributed by atoms with Gasteiger partial charge < -0.3 is 20.5 Å². The summed E-state index contributed by atoms with van der Waals surface area (Å²) in [5.74, 6) is -0.630. The summed E-state index contributed by atoms with van der Waals surface area (Å²) in [5, 5.41) is 2.50. The van der Waals surface area contributed by atoms with Crippen molar-refractivity contribution in [1.82, 2.24) is 5.32 Å². The van der Waals surface area contributed by atoms with Crippen molar-refractivity contribution in [2.45, 2.75) is 50.3 Å². The average molecular weight is 344 g/mol. The molecule has 0 heterocycles. The molecule has 8 heteroatoms. The van der Waals surface area contributed by atoms with Gasteiger partial charge in [-0.05, 0) is 37.5 Å². The third-order valence-corrected chi connectivity index (χ3v) is 4.53. The molecule has 0 bridgehead atoms. The van der Waals surface area contributed by atoms with Crippen LogP contribution < -0.4 is 11.1 Å². The van der Waals surface area contributed by atoms with Gasteiger partial charge in [-0.3, -0.25) is 9.59 Å². The highest BCUT2D eigenvalue weighted by Gasteiger charge is 2.44. The van der Waals surface area contributed by atoms with Crippen LogP contribution in [0, 0.1) is 11.8 Å². The van der Waals surface area contributed by atoms with Crippen LogP contribution in [0.3, 0.4) is 0 Å². The predicted octanol–water partition coefficient (Wildman–Crippen LogP) is 0.0232. The third-order valence-electron chi connectivity index (χ3n) is 4.16. The zero-order valence-electron chi connectivity index (χ0n) is 13.2. The number of carbonyl (C=O) groups excluding carboxylic acids is 3. The van der Waals surface area contributed by atoms with Crippen LogP contribution >= 0.6 is 12.6 Å². The maximum atomic E-state index is 12.3. The van der Waals surface area contributed by atoms with Crippen molar-refractivity contribution in [3.8, 4) is 0 Å². The summed E-state index contributed by atoms with van der Waals surface area (Å²) in [6.45, 7) is 0. The molecule has 2 aliphatic rings. The van der Waals surface area contributed by atoms with Gasteiger partial charge in [-0.2, -0.15) is 12.6 Å². The summed E-state index contributed by atoms with van der Waals surface area (Å²) in [7, 11) is 1.22. The standard InChI is InChI=1S/C15H24N2O5S/c1-21-12(18)6-10(16)14(19)17-11(7-23)15(20)22-13(8-2-3-8)9-4-5-9/h8-11,13,23H,2-7,16H2,1H3,(H,17,19)/t10-,11-/m0/s1. The smallest absolute Gasteiger partial charge is 0.329 e. The molecule has 2 fully saturated rings. The van der Waals surface area contributed by atoms with Gasteiger partial charge in [0.05, 0.1) is 19.6 Å². The van der Waals surface area contributed by atoms with Gasteiger partial charge in [0.2, 0.25) is 5.91 Å². The molecule has 23 heavy (non-hydrogen) atoms. The molecule has 2 rings (SSSR count). The van der Waals surface area contributed by atoms with Crippen LogP contribution in [0.15, 0.2) is 0 Å². The van der Waals surface area contributed by atoms with E-state index in [4.69, 9.17) is 10.5 Å². The fourth-order valence-electron chi connectivity index (χ4n) is 2.46. The largest absolute Gasteiger partial charge is 0.469 e. The van der Waals surface area contributed by atoms with Crippen LogP contribution in [0.4, 0.5) is 0 Å². The van der Waals surface area contributed by atoms with Crippen LogP contribution in [0.25, 0.3) is 0 Å². The molecule has 7 nitrogen and oxygen atoms in total. The number of amides is 1. The normalized spacial score (nSPS) is 19.8. The minimum absolute atomic E-state index is 0.0365. The number of hydrogen-bond acceptors (Lipinski definition) is 7. The zero-order chi connectivity index (χ0) is 17.0. The van der Waals surface area contributed by atoms with Crippen LogP contribution in [0.1, 0.15) is 32.1 Å². The molecule has 2 atom stereocenters. The van der Waals surface area contributed by atoms with E-state index in [1.54, 1.807) is 0 Å². The van der Waals surface area contributed by atoms with Gasteiger partial charge >= 0.3 is 11.9 Å². The van der Waals surface area contributed by atoms with Crippen LogP contribution in [-0.2, 0) is 23.9 Å². The van der Waals surface area contributed by atoms with E-state index in [2.05, 4.69) is 22.7 Å². The highest BCUT2D eigenvalue weighted by molar-refractivity contribution is 7.80. The number of esters is 2. The number of nitrogens with two attached hydrogens (primary N) is 1. The minimum atomic E-state index is -1.07. The molecule has 0 aliphatic heterocycles. The van der Waals surface area contributed by atoms with Crippen molar-refractivity contribution in [1.29, 1.82) is 0 Å². The first-order valence-electron chi connectivity index (χ1n) is 7.90. The Balaban J connectivity index is 1.84. The highest BCUT2D eigenvalue weighted by Crippen LogP contribution is 2.46. The van der Waals surface area contributed by atoms with Crippen molar-refractivity contribution in [2.24, 2.45) is 17.6 Å². The Labute approximate surface area is 141 Å². The molecule has 2 saturated carbocycles. The van der Waals surface area contributed by atoms with E-state index in [0.29, 0.717) is 11.8 Å². The topological polar surface area (TPSA) is 108 Å². The molecule has 0 spiro atoms. The Morgan fingerprint density at radius 2 is 1.78 bits per heavy atom. The Kier molecular flexibility index (Phi) is 6.29. The molecular formula is C15H24N2O5S. The molecule has 2 aliphatic carbocycles. The first kappa shape index (κ1) is 18.1. The summed E-state index contributed by atoms with van der Waals surface area (Å²) >= 11 is 4.10. The van der Waals surface area contributed by atoms with Crippen molar-refractivity contribution < 1.29 is 23.9 Å². The van der Waals surface area contributed by atoms with Crippen molar-refractivity contribution in [2.75, 3.05) is 12.9 Å². The summed E-state index contributed by atoms with van der Waals surface area (Å²) in [6.07, 6.45) is 4.09. The highest BCUT2D eigenvalue weighted by atomic mass is 32.1. The third kappa shape index (κ3) is 5.39. The van der Waals surface area contributed by atoms with Gasteiger partial charge in [0.15, 0.2) is 0 Å². The molecule has 3 N–H and O–H groups in total. The summed E-state index contributed by atoms with van der Waals surface area (Å²) < 4.78 is 10.1. The summed E-state index contributed by atoms with van der Waals surface area (Å²) in [6, 6.07) is -1.94. The molecule has 0 aromatic heterocycles. The van der Waals surface area contributed by atoms with E-state index >= 15 is 0 Å². The van der Waals surface area contributed by atoms with Crippen molar-refractivity contribution in [3.63, 3.8) is 0 Å². The Morgan fingerprint density at radius 1 is 1.22 bits per heavy atom. The monoisotopic (exact) mass is 344 g/mol. The number of hydrogen-bond donors (Lipinski definition) is 3. The first-order valence-corrected chi connectivity index (χ1v) is 8.53. The number of rotatable bonds is 9. The number of carbonyl (C=O) groups is 3. The van der Waals surface area contributed by atoms with Crippen LogP contribution in [0.5, 0.6) is 0 Å². The van der Waals surface area contributed by atoms with E-state index in [-0.39, 0.29) is 18.3 Å². The number of nitrogens with one attached hydrogen (secondary N) is 1.